The van der Waals surface area contributed by atoms with Gasteiger partial charge in [-0.3, -0.25) is 9.79 Å². The Morgan fingerprint density at radius 2 is 2.29 bits per heavy atom. The van der Waals surface area contributed by atoms with E-state index in [1.54, 1.807) is 0 Å². The van der Waals surface area contributed by atoms with E-state index < -0.39 is 0 Å². The van der Waals surface area contributed by atoms with Crippen LogP contribution in [0.15, 0.2) is 4.99 Å². The number of nitrogens with one attached hydrogen (secondary N) is 1. The molecular formula is C10H14N2O2. The van der Waals surface area contributed by atoms with Gasteiger partial charge in [-0.2, -0.15) is 0 Å². The first-order chi connectivity index (χ1) is 6.79. The van der Waals surface area contributed by atoms with Crippen LogP contribution in [0.2, 0.25) is 0 Å². The highest BCUT2D eigenvalue weighted by Crippen LogP contribution is 2.42. The third kappa shape index (κ3) is 0.974. The Morgan fingerprint density at radius 3 is 3.07 bits per heavy atom. The highest BCUT2D eigenvalue weighted by atomic mass is 16.5. The maximum absolute atomic E-state index is 11.8. The molecule has 0 aromatic heterocycles. The second-order valence-electron chi connectivity index (χ2n) is 4.23. The van der Waals surface area contributed by atoms with E-state index in [0.29, 0.717) is 0 Å². The molecule has 14 heavy (non-hydrogen) atoms. The molecule has 1 amide bonds. The number of nitrogens with zero attached hydrogens (tertiary/aromatic N) is 1. The predicted molar refractivity (Wildman–Crippen MR) is 51.0 cm³/mol. The van der Waals surface area contributed by atoms with Crippen LogP contribution in [0.25, 0.3) is 0 Å². The van der Waals surface area contributed by atoms with E-state index in [4.69, 9.17) is 4.74 Å². The van der Waals surface area contributed by atoms with Crippen LogP contribution in [0.3, 0.4) is 0 Å². The number of ether oxygens (including phenoxy) is 1. The topological polar surface area (TPSA) is 50.7 Å². The van der Waals surface area contributed by atoms with Crippen LogP contribution in [0, 0.1) is 5.92 Å². The summed E-state index contributed by atoms with van der Waals surface area (Å²) in [5.41, 5.74) is 0. The molecule has 3 aliphatic rings. The fraction of sp³-hybridized carbons (Fsp3) is 0.800. The fourth-order valence-electron chi connectivity index (χ4n) is 2.76. The fourth-order valence-corrected chi connectivity index (χ4v) is 2.76. The third-order valence-corrected chi connectivity index (χ3v) is 3.44. The molecule has 0 saturated carbocycles. The van der Waals surface area contributed by atoms with Crippen LogP contribution >= 0.6 is 0 Å². The number of hydrogen-bond donors (Lipinski definition) is 1. The molecule has 1 N–H and O–H groups in total. The molecule has 0 unspecified atom stereocenters. The molecule has 3 heterocycles. The number of carbonyl (C=O) groups is 1. The highest BCUT2D eigenvalue weighted by molar-refractivity contribution is 6.01. The van der Waals surface area contributed by atoms with Gasteiger partial charge in [-0.25, -0.2) is 0 Å². The van der Waals surface area contributed by atoms with Gasteiger partial charge in [0.2, 0.25) is 5.91 Å². The number of fused-ring (bicyclic) bond motifs is 5. The average Bonchev–Trinajstić information content (AvgIpc) is 2.77. The number of hydrogen-bond acceptors (Lipinski definition) is 3. The smallest absolute Gasteiger partial charge is 0.233 e. The van der Waals surface area contributed by atoms with E-state index in [9.17, 15) is 4.79 Å². The minimum Gasteiger partial charge on any atom is -0.372 e. The van der Waals surface area contributed by atoms with Gasteiger partial charge in [0.15, 0.2) is 0 Å². The van der Waals surface area contributed by atoms with E-state index in [-0.39, 0.29) is 30.1 Å². The summed E-state index contributed by atoms with van der Waals surface area (Å²) in [6, 6.07) is 0.109. The summed E-state index contributed by atoms with van der Waals surface area (Å²) in [6.45, 7) is 2.01. The molecule has 4 heteroatoms. The van der Waals surface area contributed by atoms with Crippen molar-refractivity contribution in [1.29, 1.82) is 0 Å². The van der Waals surface area contributed by atoms with Crippen molar-refractivity contribution in [2.45, 2.75) is 44.4 Å². The zero-order valence-electron chi connectivity index (χ0n) is 8.19. The Kier molecular flexibility index (Phi) is 1.68. The Labute approximate surface area is 82.7 Å². The Balaban J connectivity index is 1.95. The van der Waals surface area contributed by atoms with Gasteiger partial charge in [-0.1, -0.05) is 6.92 Å². The van der Waals surface area contributed by atoms with Crippen LogP contribution < -0.4 is 5.32 Å². The summed E-state index contributed by atoms with van der Waals surface area (Å²) in [4.78, 5) is 16.3. The SMILES string of the molecule is CCC1=N[C@@H]2[C@H](C(=O)N1)[C@@H]1CC[C@H]2O1. The lowest BCUT2D eigenvalue weighted by Crippen LogP contribution is -2.49. The molecule has 0 aliphatic carbocycles. The summed E-state index contributed by atoms with van der Waals surface area (Å²) in [7, 11) is 0. The number of rotatable bonds is 1. The zero-order valence-corrected chi connectivity index (χ0v) is 8.19. The van der Waals surface area contributed by atoms with Crippen LogP contribution in [0.5, 0.6) is 0 Å². The lowest BCUT2D eigenvalue weighted by molar-refractivity contribution is -0.125. The first-order valence-corrected chi connectivity index (χ1v) is 5.32. The van der Waals surface area contributed by atoms with Crippen LogP contribution in [-0.4, -0.2) is 30.0 Å². The van der Waals surface area contributed by atoms with Crippen molar-refractivity contribution in [3.05, 3.63) is 0 Å². The van der Waals surface area contributed by atoms with Crippen molar-refractivity contribution in [3.8, 4) is 0 Å². The zero-order chi connectivity index (χ0) is 9.71. The van der Waals surface area contributed by atoms with Gasteiger partial charge >= 0.3 is 0 Å². The predicted octanol–water partition coefficient (Wildman–Crippen LogP) is 0.471. The van der Waals surface area contributed by atoms with Gasteiger partial charge in [0.25, 0.3) is 0 Å². The van der Waals surface area contributed by atoms with Gasteiger partial charge in [-0.15, -0.1) is 0 Å². The molecule has 4 nitrogen and oxygen atoms in total. The van der Waals surface area contributed by atoms with Crippen LogP contribution in [-0.2, 0) is 9.53 Å². The minimum atomic E-state index is -0.0101. The first kappa shape index (κ1) is 8.41. The Morgan fingerprint density at radius 1 is 1.50 bits per heavy atom. The molecular weight excluding hydrogens is 180 g/mol. The quantitative estimate of drug-likeness (QED) is 0.659. The molecule has 0 aromatic rings. The summed E-state index contributed by atoms with van der Waals surface area (Å²) in [5, 5.41) is 2.85. The Hall–Kier alpha value is -0.900. The van der Waals surface area contributed by atoms with Gasteiger partial charge in [0, 0.05) is 6.42 Å². The Bertz CT molecular complexity index is 313. The molecule has 76 valence electrons. The van der Waals surface area contributed by atoms with E-state index in [2.05, 4.69) is 10.3 Å². The molecule has 0 aromatic carbocycles. The molecule has 2 bridgehead atoms. The minimum absolute atomic E-state index is 0.0101. The summed E-state index contributed by atoms with van der Waals surface area (Å²) >= 11 is 0. The molecule has 0 radical (unpaired) electrons. The molecule has 2 fully saturated rings. The summed E-state index contributed by atoms with van der Waals surface area (Å²) in [5.74, 6) is 0.936. The third-order valence-electron chi connectivity index (χ3n) is 3.44. The van der Waals surface area contributed by atoms with E-state index in [1.807, 2.05) is 6.92 Å². The van der Waals surface area contributed by atoms with Crippen molar-refractivity contribution in [3.63, 3.8) is 0 Å². The monoisotopic (exact) mass is 194 g/mol. The van der Waals surface area contributed by atoms with Crippen molar-refractivity contribution >= 4 is 11.7 Å². The number of amidine groups is 1. The van der Waals surface area contributed by atoms with Crippen molar-refractivity contribution in [2.75, 3.05) is 0 Å². The molecule has 3 aliphatic heterocycles. The van der Waals surface area contributed by atoms with Crippen LogP contribution in [0.1, 0.15) is 26.2 Å². The maximum Gasteiger partial charge on any atom is 0.233 e. The van der Waals surface area contributed by atoms with E-state index in [0.717, 1.165) is 25.1 Å². The standard InChI is InChI=1S/C10H14N2O2/c1-2-7-11-9-6-4-3-5(14-6)8(9)10(13)12-7/h5-6,8-9H,2-4H2,1H3,(H,11,12,13)/t5-,6+,8+,9-/m0/s1. The second kappa shape index (κ2) is 2.79. The summed E-state index contributed by atoms with van der Waals surface area (Å²) in [6.07, 6.45) is 3.23. The normalized spacial score (nSPS) is 44.6. The van der Waals surface area contributed by atoms with Gasteiger partial charge in [0.1, 0.15) is 5.84 Å². The second-order valence-corrected chi connectivity index (χ2v) is 4.23. The van der Waals surface area contributed by atoms with Gasteiger partial charge < -0.3 is 10.1 Å². The van der Waals surface area contributed by atoms with Crippen molar-refractivity contribution < 1.29 is 9.53 Å². The van der Waals surface area contributed by atoms with E-state index >= 15 is 0 Å². The lowest BCUT2D eigenvalue weighted by atomic mass is 9.83. The van der Waals surface area contributed by atoms with Crippen molar-refractivity contribution in [1.82, 2.24) is 5.32 Å². The first-order valence-electron chi connectivity index (χ1n) is 5.32. The maximum atomic E-state index is 11.8. The van der Waals surface area contributed by atoms with Gasteiger partial charge in [0.05, 0.1) is 24.2 Å². The van der Waals surface area contributed by atoms with E-state index in [1.165, 1.54) is 0 Å². The average molecular weight is 194 g/mol. The number of aliphatic imine (C=N–C) groups is 1. The van der Waals surface area contributed by atoms with Crippen molar-refractivity contribution in [2.24, 2.45) is 10.9 Å². The molecule has 4 atom stereocenters. The largest absolute Gasteiger partial charge is 0.372 e. The lowest BCUT2D eigenvalue weighted by Gasteiger charge is -2.29. The highest BCUT2D eigenvalue weighted by Gasteiger charge is 2.53. The summed E-state index contributed by atoms with van der Waals surface area (Å²) < 4.78 is 5.71. The molecule has 0 spiro atoms. The number of amides is 1. The number of carbonyl (C=O) groups excluding carboxylic acids is 1. The van der Waals surface area contributed by atoms with Crippen LogP contribution in [0.4, 0.5) is 0 Å². The molecule has 3 rings (SSSR count). The molecule has 2 saturated heterocycles. The van der Waals surface area contributed by atoms with Gasteiger partial charge in [-0.05, 0) is 12.8 Å².